The summed E-state index contributed by atoms with van der Waals surface area (Å²) in [6.45, 7) is 0.221. The van der Waals surface area contributed by atoms with E-state index in [1.165, 1.54) is 23.1 Å². The number of para-hydroxylation sites is 1. The molecule has 9 heteroatoms. The molecule has 4 rings (SSSR count). The Balaban J connectivity index is 1.52. The second-order valence-electron chi connectivity index (χ2n) is 6.33. The van der Waals surface area contributed by atoms with E-state index in [1.54, 1.807) is 48.5 Å². The molecule has 0 saturated carbocycles. The lowest BCUT2D eigenvalue weighted by atomic mass is 10.2. The average molecular weight is 403 g/mol. The third-order valence-corrected chi connectivity index (χ3v) is 4.25. The van der Waals surface area contributed by atoms with E-state index < -0.39 is 11.6 Å². The van der Waals surface area contributed by atoms with Crippen molar-refractivity contribution in [2.45, 2.75) is 6.54 Å². The maximum atomic E-state index is 12.8. The fourth-order valence-electron chi connectivity index (χ4n) is 2.79. The van der Waals surface area contributed by atoms with Gasteiger partial charge in [-0.05, 0) is 36.4 Å². The summed E-state index contributed by atoms with van der Waals surface area (Å²) >= 11 is 0. The minimum absolute atomic E-state index is 0.0194. The first-order chi connectivity index (χ1) is 14.6. The summed E-state index contributed by atoms with van der Waals surface area (Å²) in [5.41, 5.74) is 0.665. The van der Waals surface area contributed by atoms with Crippen molar-refractivity contribution in [3.63, 3.8) is 0 Å². The van der Waals surface area contributed by atoms with Crippen molar-refractivity contribution in [3.8, 4) is 0 Å². The zero-order chi connectivity index (χ0) is 20.9. The largest absolute Gasteiger partial charge is 0.467 e. The first-order valence-corrected chi connectivity index (χ1v) is 9.05. The molecule has 0 radical (unpaired) electrons. The molecular weight excluding hydrogens is 386 g/mol. The Morgan fingerprint density at radius 2 is 1.83 bits per heavy atom. The predicted octanol–water partition coefficient (Wildman–Crippen LogP) is 2.86. The van der Waals surface area contributed by atoms with E-state index in [1.807, 2.05) is 6.07 Å². The fourth-order valence-corrected chi connectivity index (χ4v) is 2.79. The molecule has 0 spiro atoms. The lowest BCUT2D eigenvalue weighted by molar-refractivity contribution is 0.0947. The van der Waals surface area contributed by atoms with Crippen LogP contribution in [0.4, 0.5) is 16.2 Å². The van der Waals surface area contributed by atoms with E-state index in [9.17, 15) is 14.4 Å². The second kappa shape index (κ2) is 8.31. The summed E-state index contributed by atoms with van der Waals surface area (Å²) in [7, 11) is 0. The number of carbonyl (C=O) groups excluding carboxylic acids is 2. The average Bonchev–Trinajstić information content (AvgIpc) is 3.28. The monoisotopic (exact) mass is 403 g/mol. The van der Waals surface area contributed by atoms with Crippen LogP contribution in [0.3, 0.4) is 0 Å². The molecule has 0 bridgehead atoms. The van der Waals surface area contributed by atoms with Crippen molar-refractivity contribution in [3.05, 3.63) is 94.9 Å². The number of nitrogens with one attached hydrogen (secondary N) is 3. The van der Waals surface area contributed by atoms with Gasteiger partial charge in [0.2, 0.25) is 0 Å². The highest BCUT2D eigenvalue weighted by molar-refractivity contribution is 5.99. The van der Waals surface area contributed by atoms with Crippen molar-refractivity contribution in [2.75, 3.05) is 10.6 Å². The number of urea groups is 1. The summed E-state index contributed by atoms with van der Waals surface area (Å²) < 4.78 is 6.39. The van der Waals surface area contributed by atoms with Crippen LogP contribution in [0.5, 0.6) is 0 Å². The molecular formula is C21H17N5O4. The number of benzene rings is 1. The maximum absolute atomic E-state index is 12.8. The molecule has 4 aromatic rings. The minimum atomic E-state index is -0.576. The summed E-state index contributed by atoms with van der Waals surface area (Å²) in [5, 5.41) is 7.82. The highest BCUT2D eigenvalue weighted by Gasteiger charge is 2.12. The minimum Gasteiger partial charge on any atom is -0.467 e. The number of pyridine rings is 1. The van der Waals surface area contributed by atoms with Crippen LogP contribution >= 0.6 is 0 Å². The Bertz CT molecular complexity index is 1250. The number of nitrogens with zero attached hydrogens (tertiary/aromatic N) is 2. The summed E-state index contributed by atoms with van der Waals surface area (Å²) in [4.78, 5) is 41.5. The molecule has 150 valence electrons. The van der Waals surface area contributed by atoms with Gasteiger partial charge in [-0.15, -0.1) is 0 Å². The van der Waals surface area contributed by atoms with Gasteiger partial charge in [0.1, 0.15) is 17.1 Å². The molecule has 0 aliphatic heterocycles. The van der Waals surface area contributed by atoms with Gasteiger partial charge in [-0.3, -0.25) is 14.0 Å². The van der Waals surface area contributed by atoms with E-state index in [0.29, 0.717) is 17.1 Å². The standard InChI is InChI=1S/C21H17N5O4/c27-19(23-11-16-7-4-10-30-16)14-8-9-18-22-12-17(20(28)26(18)13-14)25-21(29)24-15-5-2-1-3-6-15/h1-10,12-13H,11H2,(H,23,27)(H2,24,25,29). The first-order valence-electron chi connectivity index (χ1n) is 9.05. The molecule has 0 aliphatic carbocycles. The van der Waals surface area contributed by atoms with Crippen LogP contribution in [-0.2, 0) is 6.54 Å². The number of furan rings is 1. The molecule has 3 amide bonds. The highest BCUT2D eigenvalue weighted by Crippen LogP contribution is 2.08. The third kappa shape index (κ3) is 4.20. The molecule has 0 atom stereocenters. The SMILES string of the molecule is O=C(Nc1ccccc1)Nc1cnc2ccc(C(=O)NCc3ccco3)cn2c1=O. The van der Waals surface area contributed by atoms with Crippen LogP contribution < -0.4 is 21.5 Å². The molecule has 1 aromatic carbocycles. The van der Waals surface area contributed by atoms with Gasteiger partial charge in [0, 0.05) is 11.9 Å². The number of fused-ring (bicyclic) bond motifs is 1. The van der Waals surface area contributed by atoms with Gasteiger partial charge in [-0.2, -0.15) is 0 Å². The van der Waals surface area contributed by atoms with Gasteiger partial charge in [0.25, 0.3) is 11.5 Å². The van der Waals surface area contributed by atoms with E-state index >= 15 is 0 Å². The molecule has 30 heavy (non-hydrogen) atoms. The number of hydrogen-bond acceptors (Lipinski definition) is 5. The van der Waals surface area contributed by atoms with E-state index in [2.05, 4.69) is 20.9 Å². The van der Waals surface area contributed by atoms with Crippen molar-refractivity contribution in [2.24, 2.45) is 0 Å². The quantitative estimate of drug-likeness (QED) is 0.474. The normalized spacial score (nSPS) is 10.5. The molecule has 3 N–H and O–H groups in total. The van der Waals surface area contributed by atoms with E-state index in [-0.39, 0.29) is 23.7 Å². The van der Waals surface area contributed by atoms with Gasteiger partial charge in [0.15, 0.2) is 0 Å². The smallest absolute Gasteiger partial charge is 0.323 e. The Kier molecular flexibility index (Phi) is 5.25. The van der Waals surface area contributed by atoms with Crippen LogP contribution in [0, 0.1) is 0 Å². The fraction of sp³-hybridized carbons (Fsp3) is 0.0476. The van der Waals surface area contributed by atoms with Gasteiger partial charge in [0.05, 0.1) is 24.6 Å². The lowest BCUT2D eigenvalue weighted by Gasteiger charge is -2.09. The number of hydrogen-bond donors (Lipinski definition) is 3. The zero-order valence-corrected chi connectivity index (χ0v) is 15.7. The van der Waals surface area contributed by atoms with Crippen molar-refractivity contribution in [1.82, 2.24) is 14.7 Å². The molecule has 3 heterocycles. The lowest BCUT2D eigenvalue weighted by Crippen LogP contribution is -2.27. The second-order valence-corrected chi connectivity index (χ2v) is 6.33. The predicted molar refractivity (Wildman–Crippen MR) is 110 cm³/mol. The zero-order valence-electron chi connectivity index (χ0n) is 15.7. The third-order valence-electron chi connectivity index (χ3n) is 4.25. The maximum Gasteiger partial charge on any atom is 0.323 e. The topological polar surface area (TPSA) is 118 Å². The van der Waals surface area contributed by atoms with Crippen molar-refractivity contribution < 1.29 is 14.0 Å². The Morgan fingerprint density at radius 3 is 2.60 bits per heavy atom. The summed E-state index contributed by atoms with van der Waals surface area (Å²) in [6, 6.07) is 14.8. The van der Waals surface area contributed by atoms with Gasteiger partial charge >= 0.3 is 6.03 Å². The number of rotatable bonds is 5. The van der Waals surface area contributed by atoms with Crippen LogP contribution in [0.1, 0.15) is 16.1 Å². The number of anilines is 2. The molecule has 0 fully saturated rings. The van der Waals surface area contributed by atoms with Gasteiger partial charge < -0.3 is 20.4 Å². The molecule has 9 nitrogen and oxygen atoms in total. The Labute approximate surface area is 170 Å². The molecule has 0 aliphatic rings. The number of amides is 3. The Morgan fingerprint density at radius 1 is 1.00 bits per heavy atom. The van der Waals surface area contributed by atoms with Crippen LogP contribution in [0.15, 0.2) is 82.5 Å². The summed E-state index contributed by atoms with van der Waals surface area (Å²) in [5.74, 6) is 0.235. The number of carbonyl (C=O) groups is 2. The van der Waals surface area contributed by atoms with Gasteiger partial charge in [-0.25, -0.2) is 9.78 Å². The van der Waals surface area contributed by atoms with Crippen LogP contribution in [-0.4, -0.2) is 21.3 Å². The molecule has 3 aromatic heterocycles. The van der Waals surface area contributed by atoms with Crippen molar-refractivity contribution >= 4 is 29.0 Å². The van der Waals surface area contributed by atoms with Gasteiger partial charge in [-0.1, -0.05) is 18.2 Å². The summed E-state index contributed by atoms with van der Waals surface area (Å²) in [6.07, 6.45) is 4.17. The molecule has 0 unspecified atom stereocenters. The van der Waals surface area contributed by atoms with Crippen LogP contribution in [0.25, 0.3) is 5.65 Å². The van der Waals surface area contributed by atoms with E-state index in [0.717, 1.165) is 0 Å². The van der Waals surface area contributed by atoms with Crippen molar-refractivity contribution in [1.29, 1.82) is 0 Å². The van der Waals surface area contributed by atoms with Crippen LogP contribution in [0.2, 0.25) is 0 Å². The number of aromatic nitrogens is 2. The first kappa shape index (κ1) is 18.9. The highest BCUT2D eigenvalue weighted by atomic mass is 16.3. The molecule has 0 saturated heterocycles. The van der Waals surface area contributed by atoms with E-state index in [4.69, 9.17) is 4.42 Å². The Hall–Kier alpha value is -4.40.